The minimum Gasteiger partial charge on any atom is -0.481 e. The molecule has 1 aliphatic heterocycles. The van der Waals surface area contributed by atoms with Crippen LogP contribution in [-0.2, 0) is 4.79 Å². The zero-order chi connectivity index (χ0) is 11.5. The molecule has 0 spiro atoms. The Morgan fingerprint density at radius 2 is 2.31 bits per heavy atom. The predicted octanol–water partition coefficient (Wildman–Crippen LogP) is 1.16. The summed E-state index contributed by atoms with van der Waals surface area (Å²) in [5, 5.41) is 2.70. The van der Waals surface area contributed by atoms with Gasteiger partial charge in [0.05, 0.1) is 0 Å². The van der Waals surface area contributed by atoms with Crippen LogP contribution in [0.5, 0.6) is 5.75 Å². The average molecular weight is 219 g/mol. The molecule has 1 heterocycles. The van der Waals surface area contributed by atoms with Gasteiger partial charge in [0.25, 0.3) is 5.91 Å². The van der Waals surface area contributed by atoms with Crippen molar-refractivity contribution in [1.82, 2.24) is 5.32 Å². The molecule has 1 aromatic carbocycles. The van der Waals surface area contributed by atoms with Gasteiger partial charge >= 0.3 is 0 Å². The summed E-state index contributed by atoms with van der Waals surface area (Å²) in [5.41, 5.74) is 0.593. The quantitative estimate of drug-likeness (QED) is 0.776. The molecule has 0 aromatic heterocycles. The smallest absolute Gasteiger partial charge is 0.261 e. The number of hydrogen-bond acceptors (Lipinski definition) is 3. The summed E-state index contributed by atoms with van der Waals surface area (Å²) < 4.78 is 5.51. The van der Waals surface area contributed by atoms with Gasteiger partial charge in [-0.1, -0.05) is 12.1 Å². The second-order valence-electron chi connectivity index (χ2n) is 3.77. The summed E-state index contributed by atoms with van der Waals surface area (Å²) >= 11 is 0. The van der Waals surface area contributed by atoms with E-state index in [1.165, 1.54) is 6.92 Å². The maximum atomic E-state index is 11.3. The molecular weight excluding hydrogens is 206 g/mol. The number of rotatable bonds is 3. The minimum absolute atomic E-state index is 0.0127. The van der Waals surface area contributed by atoms with Crippen LogP contribution in [-0.4, -0.2) is 24.3 Å². The summed E-state index contributed by atoms with van der Waals surface area (Å²) in [6.07, 6.45) is 0.241. The van der Waals surface area contributed by atoms with Crippen LogP contribution >= 0.6 is 0 Å². The first kappa shape index (κ1) is 10.7. The lowest BCUT2D eigenvalue weighted by Gasteiger charge is -2.11. The van der Waals surface area contributed by atoms with Crippen molar-refractivity contribution in [1.29, 1.82) is 0 Å². The summed E-state index contributed by atoms with van der Waals surface area (Å²) in [7, 11) is 0. The number of benzene rings is 1. The van der Waals surface area contributed by atoms with Crippen molar-refractivity contribution in [3.63, 3.8) is 0 Å². The molecule has 1 aromatic rings. The third-order valence-corrected chi connectivity index (χ3v) is 2.52. The standard InChI is InChI=1S/C12H13NO3/c1-8(14)9-3-2-4-10(7-9)16-11-5-6-13-12(11)15/h2-4,7,11H,5-6H2,1H3,(H,13,15). The van der Waals surface area contributed by atoms with Crippen molar-refractivity contribution >= 4 is 11.7 Å². The topological polar surface area (TPSA) is 55.4 Å². The van der Waals surface area contributed by atoms with Gasteiger partial charge in [0.2, 0.25) is 0 Å². The van der Waals surface area contributed by atoms with Gasteiger partial charge in [0, 0.05) is 18.5 Å². The highest BCUT2D eigenvalue weighted by Gasteiger charge is 2.25. The summed E-state index contributed by atoms with van der Waals surface area (Å²) in [4.78, 5) is 22.5. The maximum Gasteiger partial charge on any atom is 0.261 e. The fourth-order valence-corrected chi connectivity index (χ4v) is 1.64. The Hall–Kier alpha value is -1.84. The third kappa shape index (κ3) is 2.21. The fraction of sp³-hybridized carbons (Fsp3) is 0.333. The van der Waals surface area contributed by atoms with Crippen LogP contribution in [0.25, 0.3) is 0 Å². The van der Waals surface area contributed by atoms with Crippen LogP contribution in [0.2, 0.25) is 0 Å². The van der Waals surface area contributed by atoms with Crippen molar-refractivity contribution in [3.8, 4) is 5.75 Å². The SMILES string of the molecule is CC(=O)c1cccc(OC2CCNC2=O)c1. The fourth-order valence-electron chi connectivity index (χ4n) is 1.64. The molecule has 0 aliphatic carbocycles. The van der Waals surface area contributed by atoms with Crippen molar-refractivity contribution in [2.24, 2.45) is 0 Å². The van der Waals surface area contributed by atoms with E-state index in [0.29, 0.717) is 24.3 Å². The van der Waals surface area contributed by atoms with Crippen LogP contribution in [0, 0.1) is 0 Å². The first-order chi connectivity index (χ1) is 7.66. The number of ketones is 1. The monoisotopic (exact) mass is 219 g/mol. The van der Waals surface area contributed by atoms with Crippen molar-refractivity contribution in [3.05, 3.63) is 29.8 Å². The average Bonchev–Trinajstić information content (AvgIpc) is 2.65. The highest BCUT2D eigenvalue weighted by atomic mass is 16.5. The van der Waals surface area contributed by atoms with Crippen molar-refractivity contribution < 1.29 is 14.3 Å². The van der Waals surface area contributed by atoms with E-state index in [1.54, 1.807) is 24.3 Å². The van der Waals surface area contributed by atoms with E-state index in [0.717, 1.165) is 0 Å². The van der Waals surface area contributed by atoms with Crippen LogP contribution in [0.1, 0.15) is 23.7 Å². The molecule has 1 unspecified atom stereocenters. The largest absolute Gasteiger partial charge is 0.481 e. The molecule has 2 rings (SSSR count). The number of ether oxygens (including phenoxy) is 1. The van der Waals surface area contributed by atoms with Crippen LogP contribution in [0.3, 0.4) is 0 Å². The molecule has 84 valence electrons. The first-order valence-electron chi connectivity index (χ1n) is 5.22. The zero-order valence-corrected chi connectivity index (χ0v) is 9.03. The lowest BCUT2D eigenvalue weighted by Crippen LogP contribution is -2.27. The molecule has 1 fully saturated rings. The number of carbonyl (C=O) groups is 2. The molecule has 4 heteroatoms. The Morgan fingerprint density at radius 3 is 2.94 bits per heavy atom. The van der Waals surface area contributed by atoms with Crippen LogP contribution in [0.4, 0.5) is 0 Å². The van der Waals surface area contributed by atoms with Gasteiger partial charge in [-0.05, 0) is 19.1 Å². The molecule has 0 bridgehead atoms. The van der Waals surface area contributed by atoms with Crippen LogP contribution in [0.15, 0.2) is 24.3 Å². The number of carbonyl (C=O) groups excluding carboxylic acids is 2. The zero-order valence-electron chi connectivity index (χ0n) is 9.03. The molecule has 1 amide bonds. The minimum atomic E-state index is -0.429. The van der Waals surface area contributed by atoms with E-state index < -0.39 is 6.10 Å². The highest BCUT2D eigenvalue weighted by molar-refractivity contribution is 5.94. The number of amides is 1. The van der Waals surface area contributed by atoms with Crippen molar-refractivity contribution in [2.75, 3.05) is 6.54 Å². The lowest BCUT2D eigenvalue weighted by atomic mass is 10.1. The molecule has 4 nitrogen and oxygen atoms in total. The van der Waals surface area contributed by atoms with E-state index >= 15 is 0 Å². The normalized spacial score (nSPS) is 19.3. The van der Waals surface area contributed by atoms with Crippen molar-refractivity contribution in [2.45, 2.75) is 19.4 Å². The van der Waals surface area contributed by atoms with E-state index in [9.17, 15) is 9.59 Å². The van der Waals surface area contributed by atoms with Gasteiger partial charge in [-0.15, -0.1) is 0 Å². The number of hydrogen-bond donors (Lipinski definition) is 1. The summed E-state index contributed by atoms with van der Waals surface area (Å²) in [6, 6.07) is 6.88. The van der Waals surface area contributed by atoms with E-state index in [-0.39, 0.29) is 11.7 Å². The van der Waals surface area contributed by atoms with Gasteiger partial charge < -0.3 is 10.1 Å². The third-order valence-electron chi connectivity index (χ3n) is 2.52. The molecule has 1 aliphatic rings. The Bertz CT molecular complexity index is 428. The van der Waals surface area contributed by atoms with E-state index in [4.69, 9.17) is 4.74 Å². The maximum absolute atomic E-state index is 11.3. The Labute approximate surface area is 93.6 Å². The second-order valence-corrected chi connectivity index (χ2v) is 3.77. The second kappa shape index (κ2) is 4.35. The molecule has 1 atom stereocenters. The van der Waals surface area contributed by atoms with Gasteiger partial charge in [-0.2, -0.15) is 0 Å². The van der Waals surface area contributed by atoms with Gasteiger partial charge in [0.1, 0.15) is 5.75 Å². The van der Waals surface area contributed by atoms with Gasteiger partial charge in [0.15, 0.2) is 11.9 Å². The summed E-state index contributed by atoms with van der Waals surface area (Å²) in [6.45, 7) is 2.15. The predicted molar refractivity (Wildman–Crippen MR) is 58.5 cm³/mol. The number of Topliss-reactive ketones (excluding diaryl/α,β-unsaturated/α-hetero) is 1. The van der Waals surface area contributed by atoms with Gasteiger partial charge in [-0.25, -0.2) is 0 Å². The summed E-state index contributed by atoms with van der Waals surface area (Å²) in [5.74, 6) is 0.462. The molecule has 0 saturated carbocycles. The van der Waals surface area contributed by atoms with E-state index in [2.05, 4.69) is 5.32 Å². The molecule has 1 N–H and O–H groups in total. The Balaban J connectivity index is 2.12. The Kier molecular flexibility index (Phi) is 2.90. The number of nitrogens with one attached hydrogen (secondary N) is 1. The Morgan fingerprint density at radius 1 is 1.50 bits per heavy atom. The lowest BCUT2D eigenvalue weighted by molar-refractivity contribution is -0.124. The molecular formula is C12H13NO3. The van der Waals surface area contributed by atoms with Gasteiger partial charge in [-0.3, -0.25) is 9.59 Å². The highest BCUT2D eigenvalue weighted by Crippen LogP contribution is 2.17. The molecule has 16 heavy (non-hydrogen) atoms. The van der Waals surface area contributed by atoms with E-state index in [1.807, 2.05) is 0 Å². The first-order valence-corrected chi connectivity index (χ1v) is 5.22. The molecule has 1 saturated heterocycles. The van der Waals surface area contributed by atoms with Crippen LogP contribution < -0.4 is 10.1 Å². The molecule has 0 radical (unpaired) electrons.